The summed E-state index contributed by atoms with van der Waals surface area (Å²) in [5.41, 5.74) is 6.41. The molecule has 0 aromatic rings. The van der Waals surface area contributed by atoms with Crippen LogP contribution in [0.15, 0.2) is 23.3 Å². The third-order valence-corrected chi connectivity index (χ3v) is 2.08. The molecule has 74 valence electrons. The minimum absolute atomic E-state index is 0.144. The Bertz CT molecular complexity index is 245. The van der Waals surface area contributed by atoms with E-state index in [2.05, 4.69) is 0 Å². The fraction of sp³-hybridized carbons (Fsp3) is 0.556. The van der Waals surface area contributed by atoms with Crippen LogP contribution < -0.4 is 5.73 Å². The first kappa shape index (κ1) is 9.92. The highest BCUT2D eigenvalue weighted by atomic mass is 16.5. The fourth-order valence-corrected chi connectivity index (χ4v) is 1.27. The van der Waals surface area contributed by atoms with Gasteiger partial charge < -0.3 is 19.9 Å². The monoisotopic (exact) mass is 185 g/mol. The molecule has 2 N–H and O–H groups in total. The van der Waals surface area contributed by atoms with Crippen LogP contribution in [0.4, 0.5) is 0 Å². The lowest BCUT2D eigenvalue weighted by molar-refractivity contribution is 0.103. The van der Waals surface area contributed by atoms with Crippen LogP contribution >= 0.6 is 0 Å². The minimum atomic E-state index is -0.144. The van der Waals surface area contributed by atoms with Crippen LogP contribution in [0.2, 0.25) is 0 Å². The first-order chi connectivity index (χ1) is 6.22. The molecule has 0 bridgehead atoms. The number of rotatable bonds is 3. The molecule has 0 heterocycles. The van der Waals surface area contributed by atoms with E-state index in [4.69, 9.17) is 19.9 Å². The van der Waals surface area contributed by atoms with Crippen molar-refractivity contribution in [3.05, 3.63) is 23.3 Å². The predicted octanol–water partition coefficient (Wildman–Crippen LogP) is 0.752. The van der Waals surface area contributed by atoms with Crippen molar-refractivity contribution in [1.29, 1.82) is 0 Å². The maximum atomic E-state index is 5.79. The number of allylic oxidation sites excluding steroid dienone is 1. The van der Waals surface area contributed by atoms with Crippen LogP contribution in [-0.2, 0) is 14.2 Å². The summed E-state index contributed by atoms with van der Waals surface area (Å²) < 4.78 is 15.4. The standard InChI is InChI=1S/C9H15NO3/c1-11-6-4-7(12-2)9(10)8(5-6)13-3/h4,8H,5,10H2,1-3H3. The van der Waals surface area contributed by atoms with Gasteiger partial charge in [-0.15, -0.1) is 0 Å². The molecule has 0 aromatic heterocycles. The highest BCUT2D eigenvalue weighted by molar-refractivity contribution is 5.29. The molecule has 0 spiro atoms. The van der Waals surface area contributed by atoms with E-state index >= 15 is 0 Å². The van der Waals surface area contributed by atoms with Gasteiger partial charge >= 0.3 is 0 Å². The van der Waals surface area contributed by atoms with Gasteiger partial charge in [0, 0.05) is 19.6 Å². The zero-order valence-electron chi connectivity index (χ0n) is 8.16. The first-order valence-corrected chi connectivity index (χ1v) is 4.04. The van der Waals surface area contributed by atoms with Gasteiger partial charge in [0.15, 0.2) is 0 Å². The van der Waals surface area contributed by atoms with Crippen molar-refractivity contribution in [2.24, 2.45) is 5.73 Å². The molecule has 0 radical (unpaired) electrons. The maximum absolute atomic E-state index is 5.79. The quantitative estimate of drug-likeness (QED) is 0.705. The molecule has 1 aliphatic rings. The average Bonchev–Trinajstić information content (AvgIpc) is 2.18. The van der Waals surface area contributed by atoms with E-state index < -0.39 is 0 Å². The Hall–Kier alpha value is -1.16. The molecule has 0 aromatic carbocycles. The molecule has 4 nitrogen and oxygen atoms in total. The van der Waals surface area contributed by atoms with Gasteiger partial charge in [-0.05, 0) is 0 Å². The summed E-state index contributed by atoms with van der Waals surface area (Å²) in [5.74, 6) is 1.44. The first-order valence-electron chi connectivity index (χ1n) is 4.04. The molecule has 1 aliphatic carbocycles. The van der Waals surface area contributed by atoms with Crippen LogP contribution in [0.5, 0.6) is 0 Å². The van der Waals surface area contributed by atoms with Gasteiger partial charge in [-0.3, -0.25) is 0 Å². The number of ether oxygens (including phenoxy) is 3. The van der Waals surface area contributed by atoms with Gasteiger partial charge in [-0.25, -0.2) is 0 Å². The van der Waals surface area contributed by atoms with Gasteiger partial charge in [-0.2, -0.15) is 0 Å². The smallest absolute Gasteiger partial charge is 0.143 e. The van der Waals surface area contributed by atoms with Gasteiger partial charge in [0.1, 0.15) is 17.6 Å². The molecule has 13 heavy (non-hydrogen) atoms. The number of methoxy groups -OCH3 is 3. The van der Waals surface area contributed by atoms with Crippen LogP contribution in [0.25, 0.3) is 0 Å². The molecule has 0 fully saturated rings. The number of hydrogen-bond donors (Lipinski definition) is 1. The van der Waals surface area contributed by atoms with Gasteiger partial charge in [0.05, 0.1) is 19.9 Å². The third-order valence-electron chi connectivity index (χ3n) is 2.08. The van der Waals surface area contributed by atoms with Crippen molar-refractivity contribution < 1.29 is 14.2 Å². The highest BCUT2D eigenvalue weighted by Crippen LogP contribution is 2.23. The van der Waals surface area contributed by atoms with E-state index in [0.29, 0.717) is 17.9 Å². The summed E-state index contributed by atoms with van der Waals surface area (Å²) >= 11 is 0. The average molecular weight is 185 g/mol. The topological polar surface area (TPSA) is 53.7 Å². The van der Waals surface area contributed by atoms with Gasteiger partial charge in [0.25, 0.3) is 0 Å². The zero-order valence-corrected chi connectivity index (χ0v) is 8.16. The Morgan fingerprint density at radius 1 is 1.31 bits per heavy atom. The predicted molar refractivity (Wildman–Crippen MR) is 48.7 cm³/mol. The van der Waals surface area contributed by atoms with E-state index in [1.165, 1.54) is 0 Å². The molecule has 0 saturated heterocycles. The van der Waals surface area contributed by atoms with Gasteiger partial charge in [0.2, 0.25) is 0 Å². The molecular weight excluding hydrogens is 170 g/mol. The second kappa shape index (κ2) is 4.18. The number of nitrogens with two attached hydrogens (primary N) is 1. The third kappa shape index (κ3) is 1.95. The van der Waals surface area contributed by atoms with Crippen molar-refractivity contribution in [3.63, 3.8) is 0 Å². The molecule has 1 rings (SSSR count). The van der Waals surface area contributed by atoms with Crippen LogP contribution in [0, 0.1) is 0 Å². The lowest BCUT2D eigenvalue weighted by Gasteiger charge is -2.23. The summed E-state index contributed by atoms with van der Waals surface area (Å²) in [6, 6.07) is 0. The summed E-state index contributed by atoms with van der Waals surface area (Å²) in [5, 5.41) is 0. The van der Waals surface area contributed by atoms with Crippen molar-refractivity contribution in [1.82, 2.24) is 0 Å². The molecule has 1 atom stereocenters. The Labute approximate surface area is 78.0 Å². The lowest BCUT2D eigenvalue weighted by Crippen LogP contribution is -2.26. The Balaban J connectivity index is 2.90. The maximum Gasteiger partial charge on any atom is 0.143 e. The van der Waals surface area contributed by atoms with Crippen molar-refractivity contribution in [2.45, 2.75) is 12.5 Å². The SMILES string of the molecule is COC1=CC(OC)=C(N)C(OC)C1. The Morgan fingerprint density at radius 3 is 2.46 bits per heavy atom. The van der Waals surface area contributed by atoms with E-state index in [-0.39, 0.29) is 6.10 Å². The van der Waals surface area contributed by atoms with E-state index in [1.54, 1.807) is 27.4 Å². The zero-order chi connectivity index (χ0) is 9.84. The second-order valence-electron chi connectivity index (χ2n) is 2.77. The minimum Gasteiger partial charge on any atom is -0.501 e. The molecule has 1 unspecified atom stereocenters. The van der Waals surface area contributed by atoms with Crippen LogP contribution in [-0.4, -0.2) is 27.4 Å². The van der Waals surface area contributed by atoms with Crippen LogP contribution in [0.1, 0.15) is 6.42 Å². The van der Waals surface area contributed by atoms with E-state index in [1.807, 2.05) is 0 Å². The lowest BCUT2D eigenvalue weighted by atomic mass is 10.1. The van der Waals surface area contributed by atoms with Crippen LogP contribution in [0.3, 0.4) is 0 Å². The summed E-state index contributed by atoms with van der Waals surface area (Å²) in [6.45, 7) is 0. The van der Waals surface area contributed by atoms with Crippen molar-refractivity contribution >= 4 is 0 Å². The summed E-state index contributed by atoms with van der Waals surface area (Å²) in [7, 11) is 4.81. The molecule has 0 saturated carbocycles. The van der Waals surface area contributed by atoms with E-state index in [0.717, 1.165) is 5.76 Å². The molecular formula is C9H15NO3. The van der Waals surface area contributed by atoms with Crippen molar-refractivity contribution in [3.8, 4) is 0 Å². The number of hydrogen-bond acceptors (Lipinski definition) is 4. The summed E-state index contributed by atoms with van der Waals surface area (Å²) in [4.78, 5) is 0. The molecule has 0 amide bonds. The Morgan fingerprint density at radius 2 is 2.00 bits per heavy atom. The highest BCUT2D eigenvalue weighted by Gasteiger charge is 2.22. The largest absolute Gasteiger partial charge is 0.501 e. The molecule has 4 heteroatoms. The van der Waals surface area contributed by atoms with E-state index in [9.17, 15) is 0 Å². The normalized spacial score (nSPS) is 22.7. The van der Waals surface area contributed by atoms with Crippen molar-refractivity contribution in [2.75, 3.05) is 21.3 Å². The summed E-state index contributed by atoms with van der Waals surface area (Å²) in [6.07, 6.45) is 2.30. The van der Waals surface area contributed by atoms with Gasteiger partial charge in [-0.1, -0.05) is 0 Å². The fourth-order valence-electron chi connectivity index (χ4n) is 1.27. The second-order valence-corrected chi connectivity index (χ2v) is 2.77. The molecule has 0 aliphatic heterocycles. The Kier molecular flexibility index (Phi) is 3.19.